The Labute approximate surface area is 128 Å². The highest BCUT2D eigenvalue weighted by molar-refractivity contribution is 5.97. The van der Waals surface area contributed by atoms with Crippen molar-refractivity contribution in [2.24, 2.45) is 11.8 Å². The van der Waals surface area contributed by atoms with E-state index in [2.05, 4.69) is 5.32 Å². The van der Waals surface area contributed by atoms with E-state index in [0.717, 1.165) is 0 Å². The Morgan fingerprint density at radius 1 is 0.864 bits per heavy atom. The van der Waals surface area contributed by atoms with Crippen LogP contribution >= 0.6 is 0 Å². The third-order valence-corrected chi connectivity index (χ3v) is 3.43. The molecule has 2 aliphatic rings. The van der Waals surface area contributed by atoms with E-state index < -0.39 is 0 Å². The SMILES string of the molecule is O=C(Nc1ccccc1OC(=O)C1C=CC=C1)C1C=CC=C1. The molecule has 22 heavy (non-hydrogen) atoms. The quantitative estimate of drug-likeness (QED) is 0.686. The number of anilines is 1. The first-order valence-corrected chi connectivity index (χ1v) is 7.05. The van der Waals surface area contributed by atoms with Crippen molar-refractivity contribution in [1.29, 1.82) is 0 Å². The molecule has 0 saturated heterocycles. The fourth-order valence-electron chi connectivity index (χ4n) is 2.25. The lowest BCUT2D eigenvalue weighted by molar-refractivity contribution is -0.135. The van der Waals surface area contributed by atoms with Gasteiger partial charge in [0.05, 0.1) is 17.5 Å². The Bertz CT molecular complexity index is 628. The zero-order valence-corrected chi connectivity index (χ0v) is 11.8. The summed E-state index contributed by atoms with van der Waals surface area (Å²) in [5, 5.41) is 2.79. The van der Waals surface area contributed by atoms with Gasteiger partial charge in [0.15, 0.2) is 5.75 Å². The van der Waals surface area contributed by atoms with Crippen LogP contribution < -0.4 is 10.1 Å². The number of ether oxygens (including phenoxy) is 1. The van der Waals surface area contributed by atoms with Crippen LogP contribution in [0.3, 0.4) is 0 Å². The molecular formula is C18H15NO3. The van der Waals surface area contributed by atoms with Crippen molar-refractivity contribution in [3.8, 4) is 5.75 Å². The van der Waals surface area contributed by atoms with Crippen molar-refractivity contribution in [2.45, 2.75) is 0 Å². The zero-order chi connectivity index (χ0) is 15.4. The molecule has 0 saturated carbocycles. The van der Waals surface area contributed by atoms with Crippen molar-refractivity contribution < 1.29 is 14.3 Å². The molecular weight excluding hydrogens is 278 g/mol. The Morgan fingerprint density at radius 3 is 2.14 bits per heavy atom. The largest absolute Gasteiger partial charge is 0.424 e. The summed E-state index contributed by atoms with van der Waals surface area (Å²) in [6, 6.07) is 6.91. The molecule has 0 atom stereocenters. The molecule has 0 heterocycles. The third-order valence-electron chi connectivity index (χ3n) is 3.43. The van der Waals surface area contributed by atoms with Gasteiger partial charge in [-0.2, -0.15) is 0 Å². The smallest absolute Gasteiger partial charge is 0.322 e. The minimum atomic E-state index is -0.371. The fourth-order valence-corrected chi connectivity index (χ4v) is 2.25. The lowest BCUT2D eigenvalue weighted by atomic mass is 10.1. The molecule has 0 unspecified atom stereocenters. The van der Waals surface area contributed by atoms with Crippen molar-refractivity contribution in [1.82, 2.24) is 0 Å². The van der Waals surface area contributed by atoms with Gasteiger partial charge in [0.25, 0.3) is 0 Å². The molecule has 0 aliphatic heterocycles. The molecule has 0 radical (unpaired) electrons. The number of rotatable bonds is 4. The van der Waals surface area contributed by atoms with Gasteiger partial charge in [-0.25, -0.2) is 0 Å². The minimum absolute atomic E-state index is 0.158. The number of carbonyl (C=O) groups is 2. The summed E-state index contributed by atoms with van der Waals surface area (Å²) in [6.45, 7) is 0. The van der Waals surface area contributed by atoms with Crippen LogP contribution in [0.2, 0.25) is 0 Å². The summed E-state index contributed by atoms with van der Waals surface area (Å²) in [5.74, 6) is -0.837. The number of amides is 1. The van der Waals surface area contributed by atoms with Gasteiger partial charge in [0, 0.05) is 0 Å². The van der Waals surface area contributed by atoms with Crippen molar-refractivity contribution in [3.05, 3.63) is 72.9 Å². The van der Waals surface area contributed by atoms with Crippen LogP contribution in [0.15, 0.2) is 72.9 Å². The zero-order valence-electron chi connectivity index (χ0n) is 11.8. The lowest BCUT2D eigenvalue weighted by Crippen LogP contribution is -2.21. The maximum absolute atomic E-state index is 12.1. The second kappa shape index (κ2) is 6.26. The first-order chi connectivity index (χ1) is 10.7. The van der Waals surface area contributed by atoms with Gasteiger partial charge in [-0.3, -0.25) is 9.59 Å². The molecule has 4 nitrogen and oxygen atoms in total. The maximum atomic E-state index is 12.1. The van der Waals surface area contributed by atoms with Crippen LogP contribution in [0.5, 0.6) is 5.75 Å². The summed E-state index contributed by atoms with van der Waals surface area (Å²) in [6.07, 6.45) is 14.4. The molecule has 4 heteroatoms. The monoisotopic (exact) mass is 293 g/mol. The van der Waals surface area contributed by atoms with Gasteiger partial charge in [0.2, 0.25) is 5.91 Å². The van der Waals surface area contributed by atoms with Gasteiger partial charge in [0.1, 0.15) is 0 Å². The molecule has 1 aromatic carbocycles. The predicted octanol–water partition coefficient (Wildman–Crippen LogP) is 3.01. The van der Waals surface area contributed by atoms with Gasteiger partial charge in [-0.05, 0) is 12.1 Å². The van der Waals surface area contributed by atoms with Gasteiger partial charge in [-0.1, -0.05) is 60.7 Å². The molecule has 0 fully saturated rings. The summed E-state index contributed by atoms with van der Waals surface area (Å²) in [7, 11) is 0. The van der Waals surface area contributed by atoms with E-state index >= 15 is 0 Å². The Morgan fingerprint density at radius 2 is 1.45 bits per heavy atom. The molecule has 0 aromatic heterocycles. The van der Waals surface area contributed by atoms with Gasteiger partial charge < -0.3 is 10.1 Å². The van der Waals surface area contributed by atoms with E-state index in [4.69, 9.17) is 4.74 Å². The summed E-state index contributed by atoms with van der Waals surface area (Å²) < 4.78 is 5.40. The highest BCUT2D eigenvalue weighted by Crippen LogP contribution is 2.26. The maximum Gasteiger partial charge on any atom is 0.322 e. The molecule has 1 amide bonds. The molecule has 110 valence electrons. The van der Waals surface area contributed by atoms with Crippen LogP contribution in [-0.2, 0) is 9.59 Å². The minimum Gasteiger partial charge on any atom is -0.424 e. The average Bonchev–Trinajstić information content (AvgIpc) is 3.23. The third kappa shape index (κ3) is 3.06. The van der Waals surface area contributed by atoms with Crippen LogP contribution in [0, 0.1) is 11.8 Å². The van der Waals surface area contributed by atoms with E-state index in [1.54, 1.807) is 60.7 Å². The number of carbonyl (C=O) groups excluding carboxylic acids is 2. The number of hydrogen-bond acceptors (Lipinski definition) is 3. The van der Waals surface area contributed by atoms with Crippen LogP contribution in [-0.4, -0.2) is 11.9 Å². The number of para-hydroxylation sites is 2. The summed E-state index contributed by atoms with van der Waals surface area (Å²) >= 11 is 0. The number of esters is 1. The van der Waals surface area contributed by atoms with E-state index in [-0.39, 0.29) is 23.7 Å². The molecule has 0 spiro atoms. The highest BCUT2D eigenvalue weighted by Gasteiger charge is 2.20. The normalized spacial score (nSPS) is 16.4. The Balaban J connectivity index is 1.72. The predicted molar refractivity (Wildman–Crippen MR) is 84.2 cm³/mol. The lowest BCUT2D eigenvalue weighted by Gasteiger charge is -2.13. The summed E-state index contributed by atoms with van der Waals surface area (Å²) in [4.78, 5) is 24.2. The standard InChI is InChI=1S/C18H15NO3/c20-17(13-7-1-2-8-13)19-15-11-5-6-12-16(15)22-18(21)14-9-3-4-10-14/h1-14H,(H,19,20). The van der Waals surface area contributed by atoms with Gasteiger partial charge in [-0.15, -0.1) is 0 Å². The molecule has 3 rings (SSSR count). The second-order valence-electron chi connectivity index (χ2n) is 5.00. The number of nitrogens with one attached hydrogen (secondary N) is 1. The highest BCUT2D eigenvalue weighted by atomic mass is 16.5. The van der Waals surface area contributed by atoms with E-state index in [1.807, 2.05) is 12.2 Å². The van der Waals surface area contributed by atoms with Crippen LogP contribution in [0.1, 0.15) is 0 Å². The van der Waals surface area contributed by atoms with E-state index in [0.29, 0.717) is 11.4 Å². The molecule has 2 aliphatic carbocycles. The van der Waals surface area contributed by atoms with Crippen molar-refractivity contribution >= 4 is 17.6 Å². The number of hydrogen-bond donors (Lipinski definition) is 1. The van der Waals surface area contributed by atoms with Gasteiger partial charge >= 0.3 is 5.97 Å². The van der Waals surface area contributed by atoms with E-state index in [9.17, 15) is 9.59 Å². The number of benzene rings is 1. The fraction of sp³-hybridized carbons (Fsp3) is 0.111. The second-order valence-corrected chi connectivity index (χ2v) is 5.00. The van der Waals surface area contributed by atoms with Crippen molar-refractivity contribution in [3.63, 3.8) is 0 Å². The Hall–Kier alpha value is -2.88. The first-order valence-electron chi connectivity index (χ1n) is 7.05. The Kier molecular flexibility index (Phi) is 4.01. The van der Waals surface area contributed by atoms with Crippen LogP contribution in [0.4, 0.5) is 5.69 Å². The average molecular weight is 293 g/mol. The summed E-state index contributed by atoms with van der Waals surface area (Å²) in [5.41, 5.74) is 0.487. The first kappa shape index (κ1) is 14.1. The molecule has 1 N–H and O–H groups in total. The van der Waals surface area contributed by atoms with E-state index in [1.165, 1.54) is 0 Å². The van der Waals surface area contributed by atoms with Crippen molar-refractivity contribution in [2.75, 3.05) is 5.32 Å². The topological polar surface area (TPSA) is 55.4 Å². The number of allylic oxidation sites excluding steroid dienone is 4. The molecule has 1 aromatic rings. The van der Waals surface area contributed by atoms with Crippen LogP contribution in [0.25, 0.3) is 0 Å². The molecule has 0 bridgehead atoms.